The molecule has 0 aliphatic heterocycles. The maximum atomic E-state index is 8.95. The van der Waals surface area contributed by atoms with E-state index < -0.39 is 0 Å². The molecule has 0 spiro atoms. The SMILES string of the molecule is CCCCOCCCNc1nc(C)ccc1C#N. The highest BCUT2D eigenvalue weighted by Gasteiger charge is 2.02. The average molecular weight is 247 g/mol. The van der Waals surface area contributed by atoms with Crippen molar-refractivity contribution in [3.8, 4) is 6.07 Å². The highest BCUT2D eigenvalue weighted by Crippen LogP contribution is 2.11. The molecule has 0 fully saturated rings. The van der Waals surface area contributed by atoms with E-state index in [1.807, 2.05) is 13.0 Å². The number of unbranched alkanes of at least 4 members (excludes halogenated alkanes) is 1. The molecule has 18 heavy (non-hydrogen) atoms. The number of nitrogens with one attached hydrogen (secondary N) is 1. The van der Waals surface area contributed by atoms with Crippen LogP contribution in [0.3, 0.4) is 0 Å². The molecule has 0 unspecified atom stereocenters. The van der Waals surface area contributed by atoms with Crippen LogP contribution in [0.2, 0.25) is 0 Å². The van der Waals surface area contributed by atoms with E-state index >= 15 is 0 Å². The van der Waals surface area contributed by atoms with Gasteiger partial charge in [0.25, 0.3) is 0 Å². The predicted molar refractivity (Wildman–Crippen MR) is 72.5 cm³/mol. The fraction of sp³-hybridized carbons (Fsp3) is 0.571. The lowest BCUT2D eigenvalue weighted by molar-refractivity contribution is 0.131. The van der Waals surface area contributed by atoms with Gasteiger partial charge in [-0.15, -0.1) is 0 Å². The molecule has 98 valence electrons. The molecule has 1 aromatic rings. The van der Waals surface area contributed by atoms with Crippen LogP contribution >= 0.6 is 0 Å². The second-order valence-corrected chi connectivity index (χ2v) is 4.21. The quantitative estimate of drug-likeness (QED) is 0.718. The lowest BCUT2D eigenvalue weighted by Gasteiger charge is -2.08. The Morgan fingerprint density at radius 2 is 2.11 bits per heavy atom. The summed E-state index contributed by atoms with van der Waals surface area (Å²) in [5.74, 6) is 0.672. The largest absolute Gasteiger partial charge is 0.381 e. The van der Waals surface area contributed by atoms with Crippen molar-refractivity contribution < 1.29 is 4.74 Å². The predicted octanol–water partition coefficient (Wildman–Crippen LogP) is 2.88. The molecule has 0 bridgehead atoms. The van der Waals surface area contributed by atoms with Crippen molar-refractivity contribution in [2.75, 3.05) is 25.1 Å². The Kier molecular flexibility index (Phi) is 6.82. The molecule has 0 aliphatic rings. The summed E-state index contributed by atoms with van der Waals surface area (Å²) in [6.45, 7) is 6.43. The van der Waals surface area contributed by atoms with Gasteiger partial charge in [-0.1, -0.05) is 13.3 Å². The molecule has 0 aliphatic carbocycles. The van der Waals surface area contributed by atoms with Gasteiger partial charge in [-0.25, -0.2) is 4.98 Å². The highest BCUT2D eigenvalue weighted by molar-refractivity contribution is 5.52. The van der Waals surface area contributed by atoms with Gasteiger partial charge in [0.15, 0.2) is 0 Å². The summed E-state index contributed by atoms with van der Waals surface area (Å²) >= 11 is 0. The molecule has 0 saturated heterocycles. The zero-order chi connectivity index (χ0) is 13.2. The van der Waals surface area contributed by atoms with Crippen LogP contribution in [0.5, 0.6) is 0 Å². The first-order valence-corrected chi connectivity index (χ1v) is 6.47. The Balaban J connectivity index is 2.27. The summed E-state index contributed by atoms with van der Waals surface area (Å²) in [6, 6.07) is 5.77. The van der Waals surface area contributed by atoms with Gasteiger partial charge in [0, 0.05) is 25.5 Å². The number of ether oxygens (including phenoxy) is 1. The first-order chi connectivity index (χ1) is 8.77. The van der Waals surface area contributed by atoms with Crippen LogP contribution in [0.4, 0.5) is 5.82 Å². The van der Waals surface area contributed by atoms with E-state index in [0.717, 1.165) is 44.7 Å². The summed E-state index contributed by atoms with van der Waals surface area (Å²) in [7, 11) is 0. The summed E-state index contributed by atoms with van der Waals surface area (Å²) < 4.78 is 5.47. The summed E-state index contributed by atoms with van der Waals surface area (Å²) in [6.07, 6.45) is 3.20. The van der Waals surface area contributed by atoms with Crippen molar-refractivity contribution in [3.05, 3.63) is 23.4 Å². The molecule has 0 amide bonds. The third kappa shape index (κ3) is 5.15. The molecule has 0 saturated carbocycles. The molecule has 1 N–H and O–H groups in total. The van der Waals surface area contributed by atoms with Gasteiger partial charge < -0.3 is 10.1 Å². The number of hydrogen-bond donors (Lipinski definition) is 1. The lowest BCUT2D eigenvalue weighted by Crippen LogP contribution is -2.09. The molecule has 1 aromatic heterocycles. The Labute approximate surface area is 109 Å². The number of nitriles is 1. The molecule has 0 radical (unpaired) electrons. The van der Waals surface area contributed by atoms with Gasteiger partial charge in [0.05, 0.1) is 5.56 Å². The minimum atomic E-state index is 0.590. The van der Waals surface area contributed by atoms with E-state index in [0.29, 0.717) is 11.4 Å². The number of anilines is 1. The summed E-state index contributed by atoms with van der Waals surface area (Å²) in [4.78, 5) is 4.32. The van der Waals surface area contributed by atoms with Gasteiger partial charge >= 0.3 is 0 Å². The molecule has 1 rings (SSSR count). The fourth-order valence-corrected chi connectivity index (χ4v) is 1.51. The van der Waals surface area contributed by atoms with Crippen LogP contribution in [-0.2, 0) is 4.74 Å². The fourth-order valence-electron chi connectivity index (χ4n) is 1.51. The molecule has 0 atom stereocenters. The van der Waals surface area contributed by atoms with Crippen LogP contribution in [0.25, 0.3) is 0 Å². The lowest BCUT2D eigenvalue weighted by atomic mass is 10.2. The van der Waals surface area contributed by atoms with Crippen molar-refractivity contribution in [2.45, 2.75) is 33.1 Å². The number of nitrogens with zero attached hydrogens (tertiary/aromatic N) is 2. The van der Waals surface area contributed by atoms with E-state index in [-0.39, 0.29) is 0 Å². The minimum absolute atomic E-state index is 0.590. The Morgan fingerprint density at radius 3 is 2.83 bits per heavy atom. The van der Waals surface area contributed by atoms with Crippen molar-refractivity contribution in [3.63, 3.8) is 0 Å². The molecule has 4 nitrogen and oxygen atoms in total. The third-order valence-corrected chi connectivity index (χ3v) is 2.56. The number of rotatable bonds is 8. The second kappa shape index (κ2) is 8.48. The minimum Gasteiger partial charge on any atom is -0.381 e. The van der Waals surface area contributed by atoms with Crippen molar-refractivity contribution in [1.82, 2.24) is 4.98 Å². The van der Waals surface area contributed by atoms with Crippen LogP contribution in [0, 0.1) is 18.3 Å². The highest BCUT2D eigenvalue weighted by atomic mass is 16.5. The topological polar surface area (TPSA) is 57.9 Å². The number of pyridine rings is 1. The zero-order valence-corrected chi connectivity index (χ0v) is 11.2. The smallest absolute Gasteiger partial charge is 0.144 e. The van der Waals surface area contributed by atoms with Gasteiger partial charge in [-0.2, -0.15) is 5.26 Å². The summed E-state index contributed by atoms with van der Waals surface area (Å²) in [5.41, 5.74) is 1.50. The first kappa shape index (κ1) is 14.5. The van der Waals surface area contributed by atoms with Crippen LogP contribution in [0.1, 0.15) is 37.4 Å². The molecular formula is C14H21N3O. The molecular weight excluding hydrogens is 226 g/mol. The van der Waals surface area contributed by atoms with Crippen molar-refractivity contribution in [2.24, 2.45) is 0 Å². The Morgan fingerprint density at radius 1 is 1.33 bits per heavy atom. The van der Waals surface area contributed by atoms with Gasteiger partial charge in [0.1, 0.15) is 11.9 Å². The maximum absolute atomic E-state index is 8.95. The van der Waals surface area contributed by atoms with Gasteiger partial charge in [-0.3, -0.25) is 0 Å². The Bertz CT molecular complexity index is 399. The van der Waals surface area contributed by atoms with E-state index in [4.69, 9.17) is 10.00 Å². The number of hydrogen-bond acceptors (Lipinski definition) is 4. The van der Waals surface area contributed by atoms with E-state index in [1.165, 1.54) is 0 Å². The Hall–Kier alpha value is -1.60. The monoisotopic (exact) mass is 247 g/mol. The maximum Gasteiger partial charge on any atom is 0.144 e. The van der Waals surface area contributed by atoms with Crippen molar-refractivity contribution in [1.29, 1.82) is 5.26 Å². The van der Waals surface area contributed by atoms with E-state index in [2.05, 4.69) is 23.3 Å². The standard InChI is InChI=1S/C14H21N3O/c1-3-4-9-18-10-5-8-16-14-13(11-15)7-6-12(2)17-14/h6-7H,3-5,8-10H2,1-2H3,(H,16,17). The van der Waals surface area contributed by atoms with Crippen LogP contribution < -0.4 is 5.32 Å². The normalized spacial score (nSPS) is 10.1. The molecule has 4 heteroatoms. The van der Waals surface area contributed by atoms with Crippen LogP contribution in [0.15, 0.2) is 12.1 Å². The van der Waals surface area contributed by atoms with E-state index in [1.54, 1.807) is 6.07 Å². The summed E-state index contributed by atoms with van der Waals surface area (Å²) in [5, 5.41) is 12.1. The number of aryl methyl sites for hydroxylation is 1. The second-order valence-electron chi connectivity index (χ2n) is 4.21. The first-order valence-electron chi connectivity index (χ1n) is 6.47. The third-order valence-electron chi connectivity index (χ3n) is 2.56. The van der Waals surface area contributed by atoms with Crippen LogP contribution in [-0.4, -0.2) is 24.7 Å². The average Bonchev–Trinajstić information content (AvgIpc) is 2.38. The van der Waals surface area contributed by atoms with E-state index in [9.17, 15) is 0 Å². The van der Waals surface area contributed by atoms with Gasteiger partial charge in [0.2, 0.25) is 0 Å². The van der Waals surface area contributed by atoms with Crippen molar-refractivity contribution >= 4 is 5.82 Å². The molecule has 1 heterocycles. The molecule has 0 aromatic carbocycles. The van der Waals surface area contributed by atoms with Gasteiger partial charge in [-0.05, 0) is 31.9 Å². The zero-order valence-electron chi connectivity index (χ0n) is 11.2. The number of aromatic nitrogens is 1.